The number of esters is 1. The van der Waals surface area contributed by atoms with Gasteiger partial charge in [0.15, 0.2) is 0 Å². The minimum Gasteiger partial charge on any atom is -0.465 e. The Hall–Kier alpha value is -0.570. The van der Waals surface area contributed by atoms with Crippen LogP contribution >= 0.6 is 0 Å². The number of carbonyl (C=O) groups excluding carboxylic acids is 1. The average Bonchev–Trinajstić information content (AvgIpc) is 2.63. The van der Waals surface area contributed by atoms with E-state index in [4.69, 9.17) is 9.47 Å². The molecule has 1 fully saturated rings. The van der Waals surface area contributed by atoms with E-state index < -0.39 is 0 Å². The summed E-state index contributed by atoms with van der Waals surface area (Å²) < 4.78 is 10.6. The van der Waals surface area contributed by atoms with Crippen LogP contribution in [0.1, 0.15) is 46.0 Å². The second kappa shape index (κ2) is 5.50. The molecule has 0 radical (unpaired) electrons. The number of hydrogen-bond acceptors (Lipinski definition) is 3. The van der Waals surface area contributed by atoms with Crippen LogP contribution in [0.3, 0.4) is 0 Å². The maximum Gasteiger partial charge on any atom is 0.314 e. The summed E-state index contributed by atoms with van der Waals surface area (Å²) in [6, 6.07) is 0. The van der Waals surface area contributed by atoms with Crippen LogP contribution < -0.4 is 0 Å². The van der Waals surface area contributed by atoms with Gasteiger partial charge in [-0.25, -0.2) is 0 Å². The second-order valence-electron chi connectivity index (χ2n) is 4.24. The largest absolute Gasteiger partial charge is 0.465 e. The Kier molecular flexibility index (Phi) is 4.58. The van der Waals surface area contributed by atoms with E-state index in [1.54, 1.807) is 7.11 Å². The highest BCUT2D eigenvalue weighted by atomic mass is 16.5. The molecule has 0 aromatic rings. The van der Waals surface area contributed by atoms with Crippen LogP contribution in [0.25, 0.3) is 0 Å². The molecule has 0 bridgehead atoms. The van der Waals surface area contributed by atoms with Crippen molar-refractivity contribution in [2.75, 3.05) is 13.7 Å². The van der Waals surface area contributed by atoms with Crippen molar-refractivity contribution < 1.29 is 14.3 Å². The van der Waals surface area contributed by atoms with Gasteiger partial charge in [0.25, 0.3) is 0 Å². The number of carbonyl (C=O) groups is 1. The second-order valence-corrected chi connectivity index (χ2v) is 4.24. The average molecular weight is 214 g/mol. The van der Waals surface area contributed by atoms with Gasteiger partial charge in [0.1, 0.15) is 0 Å². The highest BCUT2D eigenvalue weighted by molar-refractivity contribution is 5.78. The predicted molar refractivity (Wildman–Crippen MR) is 58.6 cm³/mol. The Morgan fingerprint density at radius 2 is 2.20 bits per heavy atom. The van der Waals surface area contributed by atoms with Crippen molar-refractivity contribution in [3.8, 4) is 0 Å². The fourth-order valence-corrected chi connectivity index (χ4v) is 2.73. The lowest BCUT2D eigenvalue weighted by Crippen LogP contribution is -2.40. The molecule has 2 atom stereocenters. The zero-order valence-corrected chi connectivity index (χ0v) is 10.0. The monoisotopic (exact) mass is 214 g/mol. The summed E-state index contributed by atoms with van der Waals surface area (Å²) >= 11 is 0. The number of ether oxygens (including phenoxy) is 2. The van der Waals surface area contributed by atoms with Gasteiger partial charge in [-0.2, -0.15) is 0 Å². The Balaban J connectivity index is 2.81. The third kappa shape index (κ3) is 2.33. The summed E-state index contributed by atoms with van der Waals surface area (Å²) in [6.07, 6.45) is 4.89. The van der Waals surface area contributed by atoms with Crippen LogP contribution in [0, 0.1) is 5.41 Å². The van der Waals surface area contributed by atoms with Crippen LogP contribution in [0.15, 0.2) is 0 Å². The molecule has 0 aromatic carbocycles. The van der Waals surface area contributed by atoms with Gasteiger partial charge in [-0.3, -0.25) is 4.79 Å². The Morgan fingerprint density at radius 1 is 1.47 bits per heavy atom. The predicted octanol–water partition coefficient (Wildman–Crippen LogP) is 2.53. The first-order valence-corrected chi connectivity index (χ1v) is 5.91. The molecule has 0 heterocycles. The molecule has 0 aromatic heterocycles. The van der Waals surface area contributed by atoms with Crippen molar-refractivity contribution in [1.82, 2.24) is 0 Å². The molecular formula is C12H22O3. The molecule has 1 aliphatic rings. The molecule has 15 heavy (non-hydrogen) atoms. The first-order valence-electron chi connectivity index (χ1n) is 5.91. The van der Waals surface area contributed by atoms with E-state index in [0.717, 1.165) is 32.1 Å². The van der Waals surface area contributed by atoms with Crippen molar-refractivity contribution in [1.29, 1.82) is 0 Å². The van der Waals surface area contributed by atoms with Crippen molar-refractivity contribution >= 4 is 5.97 Å². The number of hydrogen-bond donors (Lipinski definition) is 0. The smallest absolute Gasteiger partial charge is 0.314 e. The summed E-state index contributed by atoms with van der Waals surface area (Å²) in [5.74, 6) is -0.0591. The topological polar surface area (TPSA) is 35.5 Å². The molecule has 1 saturated carbocycles. The first-order chi connectivity index (χ1) is 7.21. The molecule has 0 spiro atoms. The summed E-state index contributed by atoms with van der Waals surface area (Å²) in [6.45, 7) is 4.42. The molecule has 3 nitrogen and oxygen atoms in total. The molecule has 0 aliphatic heterocycles. The lowest BCUT2D eigenvalue weighted by molar-refractivity contribution is -0.163. The molecule has 0 amide bonds. The lowest BCUT2D eigenvalue weighted by atomic mass is 9.79. The van der Waals surface area contributed by atoms with Crippen molar-refractivity contribution in [3.63, 3.8) is 0 Å². The van der Waals surface area contributed by atoms with Crippen LogP contribution in [0.4, 0.5) is 0 Å². The van der Waals surface area contributed by atoms with Crippen molar-refractivity contribution in [3.05, 3.63) is 0 Å². The Morgan fingerprint density at radius 3 is 2.73 bits per heavy atom. The van der Waals surface area contributed by atoms with Gasteiger partial charge in [0, 0.05) is 7.11 Å². The first kappa shape index (κ1) is 12.5. The molecule has 1 aliphatic carbocycles. The number of rotatable bonds is 5. The van der Waals surface area contributed by atoms with Crippen LogP contribution in [0.5, 0.6) is 0 Å². The third-order valence-corrected chi connectivity index (χ3v) is 3.37. The van der Waals surface area contributed by atoms with Gasteiger partial charge in [-0.05, 0) is 32.6 Å². The van der Waals surface area contributed by atoms with Crippen LogP contribution in [0.2, 0.25) is 0 Å². The Bertz CT molecular complexity index is 215. The SMILES string of the molecule is CCCC1(C(=O)OCC)CCCC1OC. The van der Waals surface area contributed by atoms with E-state index in [2.05, 4.69) is 6.92 Å². The van der Waals surface area contributed by atoms with E-state index in [-0.39, 0.29) is 17.5 Å². The standard InChI is InChI=1S/C12H22O3/c1-4-8-12(11(13)15-5-2)9-6-7-10(12)14-3/h10H,4-9H2,1-3H3. The van der Waals surface area contributed by atoms with Gasteiger partial charge in [-0.1, -0.05) is 13.3 Å². The van der Waals surface area contributed by atoms with Gasteiger partial charge < -0.3 is 9.47 Å². The maximum atomic E-state index is 12.0. The maximum absolute atomic E-state index is 12.0. The summed E-state index contributed by atoms with van der Waals surface area (Å²) in [5, 5.41) is 0. The van der Waals surface area contributed by atoms with Crippen molar-refractivity contribution in [2.45, 2.75) is 52.1 Å². The van der Waals surface area contributed by atoms with Crippen molar-refractivity contribution in [2.24, 2.45) is 5.41 Å². The van der Waals surface area contributed by atoms with Crippen LogP contribution in [-0.4, -0.2) is 25.8 Å². The highest BCUT2D eigenvalue weighted by Gasteiger charge is 2.49. The fraction of sp³-hybridized carbons (Fsp3) is 0.917. The van der Waals surface area contributed by atoms with E-state index in [1.165, 1.54) is 0 Å². The van der Waals surface area contributed by atoms with Gasteiger partial charge >= 0.3 is 5.97 Å². The highest BCUT2D eigenvalue weighted by Crippen LogP contribution is 2.44. The van der Waals surface area contributed by atoms with Crippen LogP contribution in [-0.2, 0) is 14.3 Å². The minimum atomic E-state index is -0.362. The van der Waals surface area contributed by atoms with E-state index in [1.807, 2.05) is 6.92 Å². The molecule has 0 N–H and O–H groups in total. The quantitative estimate of drug-likeness (QED) is 0.660. The zero-order valence-electron chi connectivity index (χ0n) is 10.0. The Labute approximate surface area is 92.1 Å². The van der Waals surface area contributed by atoms with Gasteiger partial charge in [-0.15, -0.1) is 0 Å². The summed E-state index contributed by atoms with van der Waals surface area (Å²) in [7, 11) is 1.69. The number of methoxy groups -OCH3 is 1. The van der Waals surface area contributed by atoms with Gasteiger partial charge in [0.2, 0.25) is 0 Å². The normalized spacial score (nSPS) is 30.5. The lowest BCUT2D eigenvalue weighted by Gasteiger charge is -2.31. The van der Waals surface area contributed by atoms with E-state index in [9.17, 15) is 4.79 Å². The molecule has 0 saturated heterocycles. The molecular weight excluding hydrogens is 192 g/mol. The molecule has 3 heteroatoms. The van der Waals surface area contributed by atoms with E-state index in [0.29, 0.717) is 6.61 Å². The van der Waals surface area contributed by atoms with E-state index >= 15 is 0 Å². The molecule has 2 unspecified atom stereocenters. The summed E-state index contributed by atoms with van der Waals surface area (Å²) in [4.78, 5) is 12.0. The third-order valence-electron chi connectivity index (χ3n) is 3.37. The molecule has 88 valence electrons. The minimum absolute atomic E-state index is 0.0523. The zero-order chi connectivity index (χ0) is 11.3. The summed E-state index contributed by atoms with van der Waals surface area (Å²) in [5.41, 5.74) is -0.362. The van der Waals surface area contributed by atoms with Gasteiger partial charge in [0.05, 0.1) is 18.1 Å². The fourth-order valence-electron chi connectivity index (χ4n) is 2.73. The molecule has 1 rings (SSSR count).